The summed E-state index contributed by atoms with van der Waals surface area (Å²) in [5, 5.41) is 14.0. The lowest BCUT2D eigenvalue weighted by Crippen LogP contribution is -2.64. The molecule has 1 aliphatic rings. The standard InChI is InChI=1S/C24H34OSi/c1-20-12-11-14-21(20)13-9-10-19-24(25)26(2,22-15-5-3-6-16-22)23-17-7-4-8-18-23/h3-8,15-18,20-21,24-25H,9-14,19H2,1-2H3. The van der Waals surface area contributed by atoms with Crippen LogP contribution in [-0.2, 0) is 0 Å². The van der Waals surface area contributed by atoms with Crippen LogP contribution < -0.4 is 10.4 Å². The Hall–Kier alpha value is -1.38. The zero-order chi connectivity index (χ0) is 18.4. The molecule has 0 aliphatic heterocycles. The minimum Gasteiger partial charge on any atom is -0.396 e. The van der Waals surface area contributed by atoms with Crippen LogP contribution in [0.5, 0.6) is 0 Å². The summed E-state index contributed by atoms with van der Waals surface area (Å²) in [6, 6.07) is 21.4. The molecule has 2 aromatic carbocycles. The minimum absolute atomic E-state index is 0.228. The summed E-state index contributed by atoms with van der Waals surface area (Å²) >= 11 is 0. The first-order chi connectivity index (χ1) is 12.6. The van der Waals surface area contributed by atoms with Crippen molar-refractivity contribution in [3.8, 4) is 0 Å². The molecule has 0 radical (unpaired) electrons. The molecule has 1 nitrogen and oxygen atoms in total. The average molecular weight is 367 g/mol. The lowest BCUT2D eigenvalue weighted by Gasteiger charge is -2.34. The highest BCUT2D eigenvalue weighted by Crippen LogP contribution is 2.34. The number of rotatable bonds is 8. The van der Waals surface area contributed by atoms with Crippen LogP contribution in [0.4, 0.5) is 0 Å². The molecule has 0 bridgehead atoms. The predicted octanol–water partition coefficient (Wildman–Crippen LogP) is 4.78. The SMILES string of the molecule is CC1CCCC1CCCCC(O)[Si](C)(c1ccccc1)c1ccccc1. The van der Waals surface area contributed by atoms with Crippen LogP contribution in [0.3, 0.4) is 0 Å². The van der Waals surface area contributed by atoms with Crippen molar-refractivity contribution in [2.75, 3.05) is 0 Å². The van der Waals surface area contributed by atoms with Crippen molar-refractivity contribution < 1.29 is 5.11 Å². The Labute approximate surface area is 160 Å². The van der Waals surface area contributed by atoms with Gasteiger partial charge in [0.1, 0.15) is 8.07 Å². The molecule has 1 N–H and O–H groups in total. The summed E-state index contributed by atoms with van der Waals surface area (Å²) in [4.78, 5) is 0. The first-order valence-electron chi connectivity index (χ1n) is 10.4. The summed E-state index contributed by atoms with van der Waals surface area (Å²) in [7, 11) is -2.14. The molecule has 0 aromatic heterocycles. The van der Waals surface area contributed by atoms with Crippen molar-refractivity contribution in [2.24, 2.45) is 11.8 Å². The normalized spacial score (nSPS) is 21.7. The van der Waals surface area contributed by atoms with E-state index in [-0.39, 0.29) is 5.73 Å². The maximum absolute atomic E-state index is 11.3. The Morgan fingerprint density at radius 1 is 0.923 bits per heavy atom. The molecular weight excluding hydrogens is 332 g/mol. The lowest BCUT2D eigenvalue weighted by molar-refractivity contribution is 0.228. The molecule has 2 aromatic rings. The van der Waals surface area contributed by atoms with Gasteiger partial charge in [-0.25, -0.2) is 0 Å². The maximum atomic E-state index is 11.3. The van der Waals surface area contributed by atoms with Gasteiger partial charge in [-0.15, -0.1) is 0 Å². The first kappa shape index (κ1) is 19.4. The molecule has 26 heavy (non-hydrogen) atoms. The fourth-order valence-electron chi connectivity index (χ4n) is 4.80. The number of hydrogen-bond acceptors (Lipinski definition) is 1. The Bertz CT molecular complexity index is 615. The van der Waals surface area contributed by atoms with E-state index in [1.54, 1.807) is 0 Å². The second-order valence-electron chi connectivity index (χ2n) is 8.40. The van der Waals surface area contributed by atoms with Crippen molar-refractivity contribution in [3.63, 3.8) is 0 Å². The van der Waals surface area contributed by atoms with Crippen LogP contribution in [0.15, 0.2) is 60.7 Å². The van der Waals surface area contributed by atoms with Gasteiger partial charge >= 0.3 is 0 Å². The van der Waals surface area contributed by atoms with Crippen molar-refractivity contribution in [2.45, 2.75) is 64.1 Å². The van der Waals surface area contributed by atoms with Crippen molar-refractivity contribution in [3.05, 3.63) is 60.7 Å². The molecule has 0 amide bonds. The van der Waals surface area contributed by atoms with E-state index < -0.39 is 8.07 Å². The largest absolute Gasteiger partial charge is 0.396 e. The fraction of sp³-hybridized carbons (Fsp3) is 0.500. The Balaban J connectivity index is 1.67. The summed E-state index contributed by atoms with van der Waals surface area (Å²) in [5.41, 5.74) is -0.228. The van der Waals surface area contributed by atoms with E-state index >= 15 is 0 Å². The monoisotopic (exact) mass is 366 g/mol. The number of aliphatic hydroxyl groups excluding tert-OH is 1. The second kappa shape index (κ2) is 9.01. The molecule has 0 saturated heterocycles. The summed E-state index contributed by atoms with van der Waals surface area (Å²) in [5.74, 6) is 1.84. The van der Waals surface area contributed by atoms with E-state index in [1.165, 1.54) is 42.5 Å². The van der Waals surface area contributed by atoms with Gasteiger partial charge in [0, 0.05) is 0 Å². The molecule has 3 rings (SSSR count). The Morgan fingerprint density at radius 3 is 2.00 bits per heavy atom. The van der Waals surface area contributed by atoms with E-state index in [1.807, 2.05) is 0 Å². The lowest BCUT2D eigenvalue weighted by atomic mass is 9.92. The molecule has 1 saturated carbocycles. The zero-order valence-electron chi connectivity index (χ0n) is 16.4. The molecule has 2 heteroatoms. The minimum atomic E-state index is -2.14. The van der Waals surface area contributed by atoms with Gasteiger partial charge in [-0.05, 0) is 18.3 Å². The van der Waals surface area contributed by atoms with E-state index in [9.17, 15) is 5.11 Å². The maximum Gasteiger partial charge on any atom is 0.145 e. The number of aliphatic hydroxyl groups is 1. The zero-order valence-corrected chi connectivity index (χ0v) is 17.4. The second-order valence-corrected chi connectivity index (χ2v) is 12.6. The molecule has 3 unspecified atom stereocenters. The van der Waals surface area contributed by atoms with E-state index in [2.05, 4.69) is 74.1 Å². The Morgan fingerprint density at radius 2 is 1.50 bits per heavy atom. The predicted molar refractivity (Wildman–Crippen MR) is 115 cm³/mol. The van der Waals surface area contributed by atoms with Crippen LogP contribution >= 0.6 is 0 Å². The summed E-state index contributed by atoms with van der Waals surface area (Å²) in [6.45, 7) is 4.75. The molecule has 3 atom stereocenters. The highest BCUT2D eigenvalue weighted by Gasteiger charge is 2.39. The van der Waals surface area contributed by atoms with Crippen molar-refractivity contribution in [1.29, 1.82) is 0 Å². The molecule has 140 valence electrons. The van der Waals surface area contributed by atoms with Crippen LogP contribution in [0.1, 0.15) is 51.9 Å². The van der Waals surface area contributed by atoms with E-state index in [0.29, 0.717) is 0 Å². The van der Waals surface area contributed by atoms with Gasteiger partial charge in [0.15, 0.2) is 0 Å². The summed E-state index contributed by atoms with van der Waals surface area (Å²) < 4.78 is 0. The number of hydrogen-bond donors (Lipinski definition) is 1. The molecule has 0 heterocycles. The van der Waals surface area contributed by atoms with E-state index in [4.69, 9.17) is 0 Å². The van der Waals surface area contributed by atoms with Gasteiger partial charge in [-0.1, -0.05) is 123 Å². The number of unbranched alkanes of at least 4 members (excludes halogenated alkanes) is 1. The highest BCUT2D eigenvalue weighted by atomic mass is 28.3. The van der Waals surface area contributed by atoms with Crippen LogP contribution in [0.25, 0.3) is 0 Å². The summed E-state index contributed by atoms with van der Waals surface area (Å²) in [6.07, 6.45) is 8.94. The van der Waals surface area contributed by atoms with Gasteiger partial charge in [0.25, 0.3) is 0 Å². The first-order valence-corrected chi connectivity index (χ1v) is 13.0. The smallest absolute Gasteiger partial charge is 0.145 e. The molecular formula is C24H34OSi. The Kier molecular flexibility index (Phi) is 6.72. The van der Waals surface area contributed by atoms with Gasteiger partial charge in [0.2, 0.25) is 0 Å². The van der Waals surface area contributed by atoms with Crippen LogP contribution in [0, 0.1) is 11.8 Å². The van der Waals surface area contributed by atoms with Crippen LogP contribution in [0.2, 0.25) is 6.55 Å². The topological polar surface area (TPSA) is 20.2 Å². The quantitative estimate of drug-likeness (QED) is 0.527. The van der Waals surface area contributed by atoms with Gasteiger partial charge in [-0.2, -0.15) is 0 Å². The third-order valence-corrected chi connectivity index (χ3v) is 11.4. The van der Waals surface area contributed by atoms with Crippen molar-refractivity contribution >= 4 is 18.4 Å². The van der Waals surface area contributed by atoms with Gasteiger partial charge in [0.05, 0.1) is 5.73 Å². The van der Waals surface area contributed by atoms with Gasteiger partial charge < -0.3 is 5.11 Å². The van der Waals surface area contributed by atoms with Crippen molar-refractivity contribution in [1.82, 2.24) is 0 Å². The average Bonchev–Trinajstić information content (AvgIpc) is 3.10. The molecule has 0 spiro atoms. The third-order valence-electron chi connectivity index (χ3n) is 6.75. The van der Waals surface area contributed by atoms with Crippen LogP contribution in [-0.4, -0.2) is 18.9 Å². The fourth-order valence-corrected chi connectivity index (χ4v) is 8.46. The van der Waals surface area contributed by atoms with E-state index in [0.717, 1.165) is 24.7 Å². The molecule has 1 fully saturated rings. The molecule has 1 aliphatic carbocycles. The number of benzene rings is 2. The third kappa shape index (κ3) is 4.29. The highest BCUT2D eigenvalue weighted by molar-refractivity contribution is 7.02. The van der Waals surface area contributed by atoms with Gasteiger partial charge in [-0.3, -0.25) is 0 Å².